The zero-order chi connectivity index (χ0) is 11.1. The fourth-order valence-electron chi connectivity index (χ4n) is 2.78. The van der Waals surface area contributed by atoms with Gasteiger partial charge in [-0.25, -0.2) is 0 Å². The first-order valence-corrected chi connectivity index (χ1v) is 6.80. The van der Waals surface area contributed by atoms with Crippen molar-refractivity contribution in [2.75, 3.05) is 0 Å². The molecule has 0 bridgehead atoms. The van der Waals surface area contributed by atoms with Crippen LogP contribution in [0, 0.1) is 11.8 Å². The number of alkyl halides is 1. The quantitative estimate of drug-likeness (QED) is 0.474. The maximum Gasteiger partial charge on any atom is 0.0501 e. The topological polar surface area (TPSA) is 0 Å². The van der Waals surface area contributed by atoms with Crippen molar-refractivity contribution in [2.45, 2.75) is 18.2 Å². The summed E-state index contributed by atoms with van der Waals surface area (Å²) in [5.74, 6) is 1.24. The molecule has 82 valence electrons. The van der Waals surface area contributed by atoms with Crippen molar-refractivity contribution < 1.29 is 0 Å². The first kappa shape index (κ1) is 10.3. The minimum Gasteiger partial charge on any atom is -0.0873 e. The van der Waals surface area contributed by atoms with Crippen molar-refractivity contribution in [3.05, 3.63) is 53.1 Å². The van der Waals surface area contributed by atoms with Crippen LogP contribution in [-0.4, -0.2) is 0 Å². The Morgan fingerprint density at radius 3 is 2.94 bits per heavy atom. The van der Waals surface area contributed by atoms with Gasteiger partial charge in [0.2, 0.25) is 0 Å². The molecule has 0 nitrogen and oxygen atoms in total. The lowest BCUT2D eigenvalue weighted by molar-refractivity contribution is 0.560. The van der Waals surface area contributed by atoms with E-state index in [1.807, 2.05) is 0 Å². The van der Waals surface area contributed by atoms with Crippen LogP contribution in [0.3, 0.4) is 0 Å². The van der Waals surface area contributed by atoms with Crippen LogP contribution in [0.4, 0.5) is 0 Å². The molecule has 2 aliphatic rings. The first-order chi connectivity index (χ1) is 7.77. The molecule has 1 aromatic rings. The summed E-state index contributed by atoms with van der Waals surface area (Å²) in [5, 5.41) is 0. The number of halogens is 1. The molecule has 3 rings (SSSR count). The van der Waals surface area contributed by atoms with E-state index in [4.69, 9.17) is 0 Å². The van der Waals surface area contributed by atoms with Gasteiger partial charge in [0.1, 0.15) is 0 Å². The Bertz CT molecular complexity index is 470. The molecule has 1 heteroatoms. The molecule has 0 aliphatic heterocycles. The molecule has 0 fully saturated rings. The van der Waals surface area contributed by atoms with Crippen molar-refractivity contribution >= 4 is 22.0 Å². The van der Waals surface area contributed by atoms with Crippen molar-refractivity contribution in [3.63, 3.8) is 0 Å². The van der Waals surface area contributed by atoms with Crippen LogP contribution in [0.15, 0.2) is 42.0 Å². The summed E-state index contributed by atoms with van der Waals surface area (Å²) >= 11 is 3.86. The van der Waals surface area contributed by atoms with E-state index in [-0.39, 0.29) is 0 Å². The first-order valence-electron chi connectivity index (χ1n) is 5.88. The second-order valence-electron chi connectivity index (χ2n) is 4.77. The molecule has 0 heterocycles. The van der Waals surface area contributed by atoms with Crippen LogP contribution >= 0.6 is 15.9 Å². The largest absolute Gasteiger partial charge is 0.0873 e. The van der Waals surface area contributed by atoms with Gasteiger partial charge in [-0.15, -0.1) is 0 Å². The van der Waals surface area contributed by atoms with E-state index < -0.39 is 0 Å². The average Bonchev–Trinajstić information content (AvgIpc) is 2.31. The van der Waals surface area contributed by atoms with Crippen LogP contribution < -0.4 is 0 Å². The molecule has 3 unspecified atom stereocenters. The highest BCUT2D eigenvalue weighted by Crippen LogP contribution is 2.47. The summed E-state index contributed by atoms with van der Waals surface area (Å²) in [4.78, 5) is 0.447. The SMILES string of the molecule is CC1CC=CC2C1=Cc1ccccc1C2Br. The summed E-state index contributed by atoms with van der Waals surface area (Å²) in [6, 6.07) is 8.70. The number of hydrogen-bond donors (Lipinski definition) is 0. The summed E-state index contributed by atoms with van der Waals surface area (Å²) in [5.41, 5.74) is 4.40. The maximum absolute atomic E-state index is 3.86. The molecule has 0 saturated carbocycles. The lowest BCUT2D eigenvalue weighted by Gasteiger charge is -2.34. The predicted octanol–water partition coefficient (Wildman–Crippen LogP) is 4.73. The minimum atomic E-state index is 0.447. The number of hydrogen-bond acceptors (Lipinski definition) is 0. The third kappa shape index (κ3) is 1.49. The molecular weight excluding hydrogens is 260 g/mol. The fourth-order valence-corrected chi connectivity index (χ4v) is 3.67. The average molecular weight is 275 g/mol. The molecule has 0 spiro atoms. The number of fused-ring (bicyclic) bond motifs is 2. The maximum atomic E-state index is 3.86. The van der Waals surface area contributed by atoms with Gasteiger partial charge in [0.25, 0.3) is 0 Å². The number of benzene rings is 1. The van der Waals surface area contributed by atoms with Crippen LogP contribution in [0.2, 0.25) is 0 Å². The normalized spacial score (nSPS) is 31.6. The monoisotopic (exact) mass is 274 g/mol. The van der Waals surface area contributed by atoms with Gasteiger partial charge in [0.05, 0.1) is 4.83 Å². The fraction of sp³-hybridized carbons (Fsp3) is 0.333. The van der Waals surface area contributed by atoms with Gasteiger partial charge in [0, 0.05) is 5.92 Å². The highest BCUT2D eigenvalue weighted by atomic mass is 79.9. The van der Waals surface area contributed by atoms with E-state index in [1.165, 1.54) is 17.5 Å². The molecule has 16 heavy (non-hydrogen) atoms. The summed E-state index contributed by atoms with van der Waals surface area (Å²) in [7, 11) is 0. The van der Waals surface area contributed by atoms with Crippen LogP contribution in [-0.2, 0) is 0 Å². The van der Waals surface area contributed by atoms with Crippen molar-refractivity contribution in [1.82, 2.24) is 0 Å². The van der Waals surface area contributed by atoms with Gasteiger partial charge in [-0.1, -0.05) is 70.9 Å². The van der Waals surface area contributed by atoms with Crippen molar-refractivity contribution in [2.24, 2.45) is 11.8 Å². The van der Waals surface area contributed by atoms with Crippen LogP contribution in [0.25, 0.3) is 6.08 Å². The summed E-state index contributed by atoms with van der Waals surface area (Å²) in [6.45, 7) is 2.33. The zero-order valence-electron chi connectivity index (χ0n) is 9.36. The highest BCUT2D eigenvalue weighted by Gasteiger charge is 2.31. The molecule has 1 aromatic carbocycles. The molecular formula is C15H15Br. The van der Waals surface area contributed by atoms with Crippen molar-refractivity contribution in [1.29, 1.82) is 0 Å². The van der Waals surface area contributed by atoms with Gasteiger partial charge in [0.15, 0.2) is 0 Å². The molecule has 0 N–H and O–H groups in total. The van der Waals surface area contributed by atoms with E-state index in [2.05, 4.69) is 65.3 Å². The molecule has 0 amide bonds. The summed E-state index contributed by atoms with van der Waals surface area (Å²) in [6.07, 6.45) is 8.27. The molecule has 3 atom stereocenters. The van der Waals surface area contributed by atoms with Crippen molar-refractivity contribution in [3.8, 4) is 0 Å². The molecule has 2 aliphatic carbocycles. The number of allylic oxidation sites excluding steroid dienone is 3. The van der Waals surface area contributed by atoms with Crippen LogP contribution in [0.1, 0.15) is 29.3 Å². The third-order valence-corrected chi connectivity index (χ3v) is 4.78. The highest BCUT2D eigenvalue weighted by molar-refractivity contribution is 9.09. The Morgan fingerprint density at radius 1 is 1.25 bits per heavy atom. The Labute approximate surface area is 105 Å². The minimum absolute atomic E-state index is 0.447. The Morgan fingerprint density at radius 2 is 2.06 bits per heavy atom. The molecule has 0 radical (unpaired) electrons. The second kappa shape index (κ2) is 3.89. The predicted molar refractivity (Wildman–Crippen MR) is 72.5 cm³/mol. The zero-order valence-corrected chi connectivity index (χ0v) is 10.9. The Hall–Kier alpha value is -0.820. The smallest absolute Gasteiger partial charge is 0.0501 e. The second-order valence-corrected chi connectivity index (χ2v) is 5.75. The Kier molecular flexibility index (Phi) is 2.51. The molecule has 0 saturated heterocycles. The van der Waals surface area contributed by atoms with E-state index in [9.17, 15) is 0 Å². The lowest BCUT2D eigenvalue weighted by atomic mass is 9.74. The Balaban J connectivity index is 2.16. The van der Waals surface area contributed by atoms with E-state index >= 15 is 0 Å². The van der Waals surface area contributed by atoms with E-state index in [0.717, 1.165) is 0 Å². The lowest BCUT2D eigenvalue weighted by Crippen LogP contribution is -2.20. The van der Waals surface area contributed by atoms with Gasteiger partial charge in [-0.3, -0.25) is 0 Å². The molecule has 0 aromatic heterocycles. The van der Waals surface area contributed by atoms with E-state index in [0.29, 0.717) is 16.7 Å². The van der Waals surface area contributed by atoms with Gasteiger partial charge < -0.3 is 0 Å². The number of rotatable bonds is 0. The van der Waals surface area contributed by atoms with Gasteiger partial charge in [-0.05, 0) is 23.5 Å². The summed E-state index contributed by atoms with van der Waals surface area (Å²) < 4.78 is 0. The van der Waals surface area contributed by atoms with E-state index in [1.54, 1.807) is 5.57 Å². The standard InChI is InChI=1S/C15H15Br/c1-10-5-4-8-13-14(10)9-11-6-2-3-7-12(11)15(13)16/h2-4,6-10,13,15H,5H2,1H3. The third-order valence-electron chi connectivity index (χ3n) is 3.72. The van der Waals surface area contributed by atoms with Gasteiger partial charge in [-0.2, -0.15) is 0 Å². The van der Waals surface area contributed by atoms with Crippen LogP contribution in [0.5, 0.6) is 0 Å². The van der Waals surface area contributed by atoms with Gasteiger partial charge >= 0.3 is 0 Å².